The predicted octanol–water partition coefficient (Wildman–Crippen LogP) is 5.13. The van der Waals surface area contributed by atoms with E-state index in [1.165, 1.54) is 44.3 Å². The maximum absolute atomic E-state index is 5.28. The molecule has 1 aromatic carbocycles. The number of hydrogen-bond acceptors (Lipinski definition) is 2. The average Bonchev–Trinajstić information content (AvgIpc) is 2.46. The molecule has 0 heterocycles. The van der Waals surface area contributed by atoms with E-state index in [2.05, 4.69) is 49.9 Å². The van der Waals surface area contributed by atoms with Gasteiger partial charge in [0, 0.05) is 18.8 Å². The molecule has 0 bridgehead atoms. The molecule has 0 aromatic heterocycles. The minimum Gasteiger partial charge on any atom is -0.497 e. The summed E-state index contributed by atoms with van der Waals surface area (Å²) in [6, 6.07) is 8.55. The third-order valence-electron chi connectivity index (χ3n) is 4.31. The number of benzene rings is 1. The van der Waals surface area contributed by atoms with Crippen LogP contribution in [-0.2, 0) is 0 Å². The smallest absolute Gasteiger partial charge is 0.119 e. The molecular formula is C19H31NO. The number of nitrogens with zero attached hydrogens (tertiary/aromatic N) is 1. The summed E-state index contributed by atoms with van der Waals surface area (Å²) in [6.45, 7) is 9.28. The van der Waals surface area contributed by atoms with Gasteiger partial charge in [-0.2, -0.15) is 0 Å². The molecule has 0 radical (unpaired) electrons. The third-order valence-corrected chi connectivity index (χ3v) is 4.31. The molecule has 118 valence electrons. The van der Waals surface area contributed by atoms with Crippen molar-refractivity contribution >= 4 is 5.69 Å². The van der Waals surface area contributed by atoms with Crippen LogP contribution in [0.3, 0.4) is 0 Å². The lowest BCUT2D eigenvalue weighted by Gasteiger charge is -2.35. The highest BCUT2D eigenvalue weighted by atomic mass is 16.5. The van der Waals surface area contributed by atoms with Gasteiger partial charge in [-0.25, -0.2) is 0 Å². The van der Waals surface area contributed by atoms with E-state index in [4.69, 9.17) is 4.74 Å². The maximum atomic E-state index is 5.28. The molecule has 1 saturated carbocycles. The monoisotopic (exact) mass is 289 g/mol. The fourth-order valence-electron chi connectivity index (χ4n) is 3.31. The van der Waals surface area contributed by atoms with Crippen LogP contribution < -0.4 is 9.64 Å². The van der Waals surface area contributed by atoms with Gasteiger partial charge >= 0.3 is 0 Å². The first-order chi connectivity index (χ1) is 9.98. The third kappa shape index (κ3) is 5.26. The van der Waals surface area contributed by atoms with Gasteiger partial charge in [0.05, 0.1) is 7.11 Å². The van der Waals surface area contributed by atoms with Crippen LogP contribution in [-0.4, -0.2) is 20.2 Å². The molecule has 1 aliphatic carbocycles. The van der Waals surface area contributed by atoms with E-state index in [1.54, 1.807) is 7.11 Å². The number of anilines is 1. The first kappa shape index (κ1) is 16.2. The van der Waals surface area contributed by atoms with E-state index >= 15 is 0 Å². The zero-order valence-electron chi connectivity index (χ0n) is 14.2. The van der Waals surface area contributed by atoms with Crippen molar-refractivity contribution in [1.82, 2.24) is 0 Å². The highest BCUT2D eigenvalue weighted by Crippen LogP contribution is 2.29. The molecule has 0 aliphatic heterocycles. The van der Waals surface area contributed by atoms with Crippen LogP contribution in [0.5, 0.6) is 5.75 Å². The van der Waals surface area contributed by atoms with Crippen molar-refractivity contribution in [2.24, 2.45) is 11.3 Å². The van der Waals surface area contributed by atoms with Gasteiger partial charge in [-0.1, -0.05) is 40.0 Å². The van der Waals surface area contributed by atoms with Crippen LogP contribution in [0.1, 0.15) is 52.9 Å². The standard InChI is InChI=1S/C19H31NO/c1-19(2,3)15-20(14-16-8-6-5-7-9-16)17-10-12-18(21-4)13-11-17/h10-13,16H,5-9,14-15H2,1-4H3. The Morgan fingerprint density at radius 2 is 1.67 bits per heavy atom. The molecule has 21 heavy (non-hydrogen) atoms. The largest absolute Gasteiger partial charge is 0.497 e. The minimum absolute atomic E-state index is 0.314. The number of rotatable bonds is 5. The van der Waals surface area contributed by atoms with Crippen molar-refractivity contribution < 1.29 is 4.74 Å². The van der Waals surface area contributed by atoms with Gasteiger partial charge in [-0.3, -0.25) is 0 Å². The lowest BCUT2D eigenvalue weighted by molar-refractivity contribution is 0.336. The second-order valence-electron chi connectivity index (χ2n) is 7.64. The average molecular weight is 289 g/mol. The Kier molecular flexibility index (Phi) is 5.55. The van der Waals surface area contributed by atoms with E-state index in [9.17, 15) is 0 Å². The summed E-state index contributed by atoms with van der Waals surface area (Å²) in [5.74, 6) is 1.80. The lowest BCUT2D eigenvalue weighted by atomic mass is 9.88. The number of ether oxygens (including phenoxy) is 1. The van der Waals surface area contributed by atoms with Crippen molar-refractivity contribution in [1.29, 1.82) is 0 Å². The number of methoxy groups -OCH3 is 1. The van der Waals surface area contributed by atoms with Gasteiger partial charge in [0.1, 0.15) is 5.75 Å². The van der Waals surface area contributed by atoms with Crippen LogP contribution in [0.15, 0.2) is 24.3 Å². The summed E-state index contributed by atoms with van der Waals surface area (Å²) in [4.78, 5) is 2.58. The fraction of sp³-hybridized carbons (Fsp3) is 0.684. The van der Waals surface area contributed by atoms with Gasteiger partial charge < -0.3 is 9.64 Å². The zero-order valence-corrected chi connectivity index (χ0v) is 14.2. The molecule has 0 saturated heterocycles. The summed E-state index contributed by atoms with van der Waals surface area (Å²) < 4.78 is 5.28. The molecule has 1 aromatic rings. The Morgan fingerprint density at radius 3 is 2.19 bits per heavy atom. The summed E-state index contributed by atoms with van der Waals surface area (Å²) in [6.07, 6.45) is 7.05. The molecule has 1 fully saturated rings. The van der Waals surface area contributed by atoms with Crippen molar-refractivity contribution in [3.05, 3.63) is 24.3 Å². The quantitative estimate of drug-likeness (QED) is 0.745. The summed E-state index contributed by atoms with van der Waals surface area (Å²) in [5, 5.41) is 0. The second-order valence-corrected chi connectivity index (χ2v) is 7.64. The van der Waals surface area contributed by atoms with Crippen LogP contribution in [0.2, 0.25) is 0 Å². The van der Waals surface area contributed by atoms with Gasteiger partial charge in [-0.05, 0) is 48.4 Å². The van der Waals surface area contributed by atoms with E-state index in [1.807, 2.05) is 0 Å². The van der Waals surface area contributed by atoms with Gasteiger partial charge in [-0.15, -0.1) is 0 Å². The molecule has 2 nitrogen and oxygen atoms in total. The highest BCUT2D eigenvalue weighted by molar-refractivity contribution is 5.49. The second kappa shape index (κ2) is 7.20. The van der Waals surface area contributed by atoms with E-state index in [-0.39, 0.29) is 0 Å². The highest BCUT2D eigenvalue weighted by Gasteiger charge is 2.21. The molecule has 0 N–H and O–H groups in total. The minimum atomic E-state index is 0.314. The Labute approximate surface area is 130 Å². The predicted molar refractivity (Wildman–Crippen MR) is 91.2 cm³/mol. The Morgan fingerprint density at radius 1 is 1.05 bits per heavy atom. The Balaban J connectivity index is 2.09. The fourth-order valence-corrected chi connectivity index (χ4v) is 3.31. The molecule has 0 spiro atoms. The molecule has 0 unspecified atom stereocenters. The topological polar surface area (TPSA) is 12.5 Å². The van der Waals surface area contributed by atoms with Gasteiger partial charge in [0.2, 0.25) is 0 Å². The van der Waals surface area contributed by atoms with E-state index in [0.717, 1.165) is 18.2 Å². The lowest BCUT2D eigenvalue weighted by Crippen LogP contribution is -2.37. The molecule has 2 heteroatoms. The Bertz CT molecular complexity index is 412. The molecule has 0 amide bonds. The van der Waals surface area contributed by atoms with Gasteiger partial charge in [0.15, 0.2) is 0 Å². The number of hydrogen-bond donors (Lipinski definition) is 0. The van der Waals surface area contributed by atoms with Crippen molar-refractivity contribution in [2.45, 2.75) is 52.9 Å². The molecule has 2 rings (SSSR count). The normalized spacial score (nSPS) is 16.8. The zero-order chi connectivity index (χ0) is 15.3. The summed E-state index contributed by atoms with van der Waals surface area (Å²) in [5.41, 5.74) is 1.64. The molecule has 1 aliphatic rings. The van der Waals surface area contributed by atoms with E-state index < -0.39 is 0 Å². The van der Waals surface area contributed by atoms with Crippen molar-refractivity contribution in [2.75, 3.05) is 25.1 Å². The van der Waals surface area contributed by atoms with Crippen LogP contribution >= 0.6 is 0 Å². The summed E-state index contributed by atoms with van der Waals surface area (Å²) >= 11 is 0. The SMILES string of the molecule is COc1ccc(N(CC2CCCCC2)CC(C)(C)C)cc1. The van der Waals surface area contributed by atoms with E-state index in [0.29, 0.717) is 5.41 Å². The Hall–Kier alpha value is -1.18. The van der Waals surface area contributed by atoms with Crippen LogP contribution in [0.25, 0.3) is 0 Å². The molecule has 0 atom stereocenters. The van der Waals surface area contributed by atoms with Gasteiger partial charge in [0.25, 0.3) is 0 Å². The first-order valence-corrected chi connectivity index (χ1v) is 8.37. The van der Waals surface area contributed by atoms with Crippen molar-refractivity contribution in [3.63, 3.8) is 0 Å². The molecular weight excluding hydrogens is 258 g/mol. The summed E-state index contributed by atoms with van der Waals surface area (Å²) in [7, 11) is 1.73. The van der Waals surface area contributed by atoms with Crippen LogP contribution in [0.4, 0.5) is 5.69 Å². The van der Waals surface area contributed by atoms with Crippen molar-refractivity contribution in [3.8, 4) is 5.75 Å². The first-order valence-electron chi connectivity index (χ1n) is 8.37. The maximum Gasteiger partial charge on any atom is 0.119 e. The van der Waals surface area contributed by atoms with Crippen LogP contribution in [0, 0.1) is 11.3 Å².